The van der Waals surface area contributed by atoms with E-state index >= 15 is 0 Å². The third-order valence-corrected chi connectivity index (χ3v) is 4.40. The number of aryl methyl sites for hydroxylation is 1. The van der Waals surface area contributed by atoms with Crippen LogP contribution in [0.15, 0.2) is 48.5 Å². The molecule has 1 aliphatic heterocycles. The van der Waals surface area contributed by atoms with Crippen LogP contribution >= 0.6 is 0 Å². The van der Waals surface area contributed by atoms with E-state index in [1.54, 1.807) is 6.07 Å². The first-order chi connectivity index (χ1) is 12.4. The summed E-state index contributed by atoms with van der Waals surface area (Å²) in [5, 5.41) is 0. The van der Waals surface area contributed by atoms with Gasteiger partial charge in [0, 0.05) is 24.0 Å². The lowest BCUT2D eigenvalue weighted by Crippen LogP contribution is -2.05. The molecule has 0 atom stereocenters. The van der Waals surface area contributed by atoms with Crippen LogP contribution in [0.5, 0.6) is 11.5 Å². The van der Waals surface area contributed by atoms with Crippen LogP contribution in [0, 0.1) is 13.0 Å². The molecule has 1 radical (unpaired) electrons. The number of ether oxygens (including phenoxy) is 2. The minimum atomic E-state index is -4.34. The fraction of sp³-hybridized carbons (Fsp3) is 0.200. The first kappa shape index (κ1) is 16.6. The van der Waals surface area contributed by atoms with E-state index in [0.717, 1.165) is 29.1 Å². The predicted octanol–water partition coefficient (Wildman–Crippen LogP) is 5.06. The Bertz CT molecular complexity index is 943. The maximum Gasteiger partial charge on any atom is 0.416 e. The first-order valence-corrected chi connectivity index (χ1v) is 8.06. The molecule has 0 N–H and O–H groups in total. The van der Waals surface area contributed by atoms with E-state index in [-0.39, 0.29) is 6.79 Å². The Kier molecular flexibility index (Phi) is 3.90. The third kappa shape index (κ3) is 3.03. The summed E-state index contributed by atoms with van der Waals surface area (Å²) in [6, 6.07) is 15.8. The van der Waals surface area contributed by atoms with Crippen LogP contribution in [0.1, 0.15) is 16.8 Å². The molecule has 133 valence electrons. The van der Waals surface area contributed by atoms with Gasteiger partial charge in [0.05, 0.1) is 5.56 Å². The van der Waals surface area contributed by atoms with Crippen molar-refractivity contribution in [1.82, 2.24) is 4.57 Å². The lowest BCUT2D eigenvalue weighted by molar-refractivity contribution is -0.137. The van der Waals surface area contributed by atoms with E-state index in [1.807, 2.05) is 29.7 Å². The van der Waals surface area contributed by atoms with Crippen LogP contribution in [0.2, 0.25) is 0 Å². The highest BCUT2D eigenvalue weighted by molar-refractivity contribution is 5.61. The fourth-order valence-corrected chi connectivity index (χ4v) is 3.00. The Morgan fingerprint density at radius 2 is 1.77 bits per heavy atom. The molecule has 0 unspecified atom stereocenters. The zero-order valence-corrected chi connectivity index (χ0v) is 13.9. The van der Waals surface area contributed by atoms with Crippen molar-refractivity contribution in [2.24, 2.45) is 0 Å². The first-order valence-electron chi connectivity index (χ1n) is 8.06. The van der Waals surface area contributed by atoms with Crippen molar-refractivity contribution < 1.29 is 22.6 Å². The molecule has 26 heavy (non-hydrogen) atoms. The van der Waals surface area contributed by atoms with Crippen LogP contribution in [0.25, 0.3) is 11.3 Å². The molecule has 4 rings (SSSR count). The molecule has 0 aliphatic carbocycles. The highest BCUT2D eigenvalue weighted by atomic mass is 19.4. The Hall–Kier alpha value is -2.89. The quantitative estimate of drug-likeness (QED) is 0.653. The van der Waals surface area contributed by atoms with E-state index in [0.29, 0.717) is 23.6 Å². The van der Waals surface area contributed by atoms with Crippen molar-refractivity contribution in [2.45, 2.75) is 19.6 Å². The SMILES string of the molecule is Cc1[c]cc(-c2ccc(C(F)(F)F)cc2)n1Cc1ccc2c(c1)OCO2. The van der Waals surface area contributed by atoms with E-state index < -0.39 is 11.7 Å². The van der Waals surface area contributed by atoms with Gasteiger partial charge in [-0.05, 0) is 48.4 Å². The summed E-state index contributed by atoms with van der Waals surface area (Å²) < 4.78 is 51.0. The van der Waals surface area contributed by atoms with Crippen molar-refractivity contribution in [3.63, 3.8) is 0 Å². The fourth-order valence-electron chi connectivity index (χ4n) is 3.00. The molecular formula is C20H15F3NO2. The molecule has 0 bridgehead atoms. The average molecular weight is 358 g/mol. The minimum Gasteiger partial charge on any atom is -0.454 e. The average Bonchev–Trinajstić information content (AvgIpc) is 3.21. The van der Waals surface area contributed by atoms with Crippen LogP contribution in [-0.2, 0) is 12.7 Å². The number of nitrogens with zero attached hydrogens (tertiary/aromatic N) is 1. The molecule has 3 nitrogen and oxygen atoms in total. The van der Waals surface area contributed by atoms with Gasteiger partial charge in [-0.2, -0.15) is 13.2 Å². The van der Waals surface area contributed by atoms with Gasteiger partial charge in [0.2, 0.25) is 6.79 Å². The second-order valence-corrected chi connectivity index (χ2v) is 6.11. The molecule has 6 heteroatoms. The van der Waals surface area contributed by atoms with Gasteiger partial charge < -0.3 is 14.0 Å². The second kappa shape index (κ2) is 6.12. The maximum atomic E-state index is 12.8. The van der Waals surface area contributed by atoms with Crippen LogP contribution in [0.3, 0.4) is 0 Å². The third-order valence-electron chi connectivity index (χ3n) is 4.40. The van der Waals surface area contributed by atoms with Crippen molar-refractivity contribution in [1.29, 1.82) is 0 Å². The molecular weight excluding hydrogens is 343 g/mol. The summed E-state index contributed by atoms with van der Waals surface area (Å²) >= 11 is 0. The van der Waals surface area contributed by atoms with E-state index in [1.165, 1.54) is 12.1 Å². The van der Waals surface area contributed by atoms with Crippen LogP contribution in [-0.4, -0.2) is 11.4 Å². The number of rotatable bonds is 3. The van der Waals surface area contributed by atoms with E-state index in [4.69, 9.17) is 9.47 Å². The maximum absolute atomic E-state index is 12.8. The Labute approximate surface area is 148 Å². The van der Waals surface area contributed by atoms with Crippen LogP contribution < -0.4 is 9.47 Å². The number of hydrogen-bond acceptors (Lipinski definition) is 2. The van der Waals surface area contributed by atoms with Gasteiger partial charge in [0.25, 0.3) is 0 Å². The van der Waals surface area contributed by atoms with Gasteiger partial charge in [0.1, 0.15) is 0 Å². The van der Waals surface area contributed by atoms with E-state index in [2.05, 4.69) is 6.07 Å². The molecule has 2 aromatic carbocycles. The standard InChI is InChI=1S/C20H15F3NO2/c1-13-2-8-17(15-4-6-16(7-5-15)20(21,22)23)24(13)11-14-3-9-18-19(10-14)26-12-25-18/h3-10H,11-12H2,1H3. The zero-order valence-electron chi connectivity index (χ0n) is 13.9. The smallest absolute Gasteiger partial charge is 0.416 e. The van der Waals surface area contributed by atoms with Crippen molar-refractivity contribution in [3.8, 4) is 22.8 Å². The normalized spacial score (nSPS) is 13.2. The molecule has 1 aromatic heterocycles. The molecule has 0 amide bonds. The van der Waals surface area contributed by atoms with Gasteiger partial charge in [-0.15, -0.1) is 0 Å². The molecule has 0 saturated carbocycles. The molecule has 3 aromatic rings. The minimum absolute atomic E-state index is 0.214. The summed E-state index contributed by atoms with van der Waals surface area (Å²) in [4.78, 5) is 0. The highest BCUT2D eigenvalue weighted by Crippen LogP contribution is 2.34. The summed E-state index contributed by atoms with van der Waals surface area (Å²) in [5.41, 5.74) is 2.78. The molecule has 0 spiro atoms. The summed E-state index contributed by atoms with van der Waals surface area (Å²) in [5.74, 6) is 1.42. The summed E-state index contributed by atoms with van der Waals surface area (Å²) in [6.07, 6.45) is -4.34. The van der Waals surface area contributed by atoms with Crippen molar-refractivity contribution in [2.75, 3.05) is 6.79 Å². The summed E-state index contributed by atoms with van der Waals surface area (Å²) in [7, 11) is 0. The van der Waals surface area contributed by atoms with Crippen molar-refractivity contribution in [3.05, 3.63) is 71.4 Å². The predicted molar refractivity (Wildman–Crippen MR) is 90.1 cm³/mol. The highest BCUT2D eigenvalue weighted by Gasteiger charge is 2.30. The number of hydrogen-bond donors (Lipinski definition) is 0. The summed E-state index contributed by atoms with van der Waals surface area (Å²) in [6.45, 7) is 2.69. The molecule has 0 fully saturated rings. The Morgan fingerprint density at radius 3 is 2.50 bits per heavy atom. The van der Waals surface area contributed by atoms with E-state index in [9.17, 15) is 13.2 Å². The lowest BCUT2D eigenvalue weighted by Gasteiger charge is -2.13. The largest absolute Gasteiger partial charge is 0.454 e. The number of alkyl halides is 3. The number of fused-ring (bicyclic) bond motifs is 1. The van der Waals surface area contributed by atoms with Gasteiger partial charge in [-0.3, -0.25) is 0 Å². The van der Waals surface area contributed by atoms with Crippen molar-refractivity contribution >= 4 is 0 Å². The molecule has 2 heterocycles. The number of halogens is 3. The van der Waals surface area contributed by atoms with Gasteiger partial charge in [-0.25, -0.2) is 0 Å². The molecule has 1 aliphatic rings. The van der Waals surface area contributed by atoms with Gasteiger partial charge >= 0.3 is 6.18 Å². The zero-order chi connectivity index (χ0) is 18.3. The Morgan fingerprint density at radius 1 is 1.04 bits per heavy atom. The van der Waals surface area contributed by atoms with Crippen LogP contribution in [0.4, 0.5) is 13.2 Å². The monoisotopic (exact) mass is 358 g/mol. The number of aromatic nitrogens is 1. The van der Waals surface area contributed by atoms with Gasteiger partial charge in [0.15, 0.2) is 11.5 Å². The van der Waals surface area contributed by atoms with Gasteiger partial charge in [-0.1, -0.05) is 18.2 Å². The topological polar surface area (TPSA) is 23.4 Å². The molecule has 0 saturated heterocycles. The lowest BCUT2D eigenvalue weighted by atomic mass is 10.1. The Balaban J connectivity index is 1.65. The number of benzene rings is 2. The second-order valence-electron chi connectivity index (χ2n) is 6.11.